The Morgan fingerprint density at radius 2 is 1.94 bits per heavy atom. The van der Waals surface area contributed by atoms with Gasteiger partial charge in [0, 0.05) is 39.3 Å². The zero-order valence-electron chi connectivity index (χ0n) is 10.7. The van der Waals surface area contributed by atoms with Gasteiger partial charge in [-0.2, -0.15) is 0 Å². The SMILES string of the molecule is COC(OC)C1CCN(c2cc(Cl)ncn2)CC1. The molecule has 1 fully saturated rings. The van der Waals surface area contributed by atoms with Gasteiger partial charge in [0.15, 0.2) is 6.29 Å². The second kappa shape index (κ2) is 6.31. The number of rotatable bonds is 4. The molecule has 0 bridgehead atoms. The summed E-state index contributed by atoms with van der Waals surface area (Å²) in [5, 5.41) is 0.480. The summed E-state index contributed by atoms with van der Waals surface area (Å²) in [6, 6.07) is 1.80. The summed E-state index contributed by atoms with van der Waals surface area (Å²) < 4.78 is 10.6. The second-order valence-corrected chi connectivity index (χ2v) is 4.75. The molecule has 0 N–H and O–H groups in total. The van der Waals surface area contributed by atoms with Crippen molar-refractivity contribution < 1.29 is 9.47 Å². The molecule has 0 atom stereocenters. The van der Waals surface area contributed by atoms with Crippen molar-refractivity contribution >= 4 is 17.4 Å². The molecule has 2 rings (SSSR count). The van der Waals surface area contributed by atoms with E-state index in [-0.39, 0.29) is 6.29 Å². The highest BCUT2D eigenvalue weighted by atomic mass is 35.5. The maximum absolute atomic E-state index is 5.87. The van der Waals surface area contributed by atoms with Gasteiger partial charge >= 0.3 is 0 Å². The summed E-state index contributed by atoms with van der Waals surface area (Å²) in [7, 11) is 3.37. The maximum atomic E-state index is 5.87. The minimum Gasteiger partial charge on any atom is -0.356 e. The van der Waals surface area contributed by atoms with E-state index in [1.54, 1.807) is 20.3 Å². The van der Waals surface area contributed by atoms with Crippen molar-refractivity contribution in [2.24, 2.45) is 5.92 Å². The summed E-state index contributed by atoms with van der Waals surface area (Å²) in [6.07, 6.45) is 3.43. The Morgan fingerprint density at radius 1 is 1.28 bits per heavy atom. The van der Waals surface area contributed by atoms with Crippen molar-refractivity contribution in [1.29, 1.82) is 0 Å². The summed E-state index contributed by atoms with van der Waals surface area (Å²) in [5.41, 5.74) is 0. The van der Waals surface area contributed by atoms with Gasteiger partial charge < -0.3 is 14.4 Å². The van der Waals surface area contributed by atoms with E-state index >= 15 is 0 Å². The van der Waals surface area contributed by atoms with Gasteiger partial charge in [0.1, 0.15) is 17.3 Å². The summed E-state index contributed by atoms with van der Waals surface area (Å²) in [4.78, 5) is 10.3. The average molecular weight is 272 g/mol. The molecule has 0 amide bonds. The summed E-state index contributed by atoms with van der Waals surface area (Å²) >= 11 is 5.87. The molecule has 0 radical (unpaired) electrons. The molecule has 1 aromatic rings. The Labute approximate surface area is 112 Å². The molecular formula is C12H18ClN3O2. The van der Waals surface area contributed by atoms with Crippen LogP contribution in [0.3, 0.4) is 0 Å². The van der Waals surface area contributed by atoms with Gasteiger partial charge in [-0.05, 0) is 12.8 Å². The van der Waals surface area contributed by atoms with Gasteiger partial charge in [-0.25, -0.2) is 9.97 Å². The molecule has 1 saturated heterocycles. The Morgan fingerprint density at radius 3 is 2.50 bits per heavy atom. The lowest BCUT2D eigenvalue weighted by molar-refractivity contribution is -0.141. The Hall–Kier alpha value is -0.910. The van der Waals surface area contributed by atoms with E-state index in [1.165, 1.54) is 6.33 Å². The topological polar surface area (TPSA) is 47.5 Å². The quantitative estimate of drug-likeness (QED) is 0.619. The maximum Gasteiger partial charge on any atom is 0.159 e. The van der Waals surface area contributed by atoms with Crippen LogP contribution < -0.4 is 4.90 Å². The van der Waals surface area contributed by atoms with Gasteiger partial charge in [-0.3, -0.25) is 0 Å². The summed E-state index contributed by atoms with van der Waals surface area (Å²) in [6.45, 7) is 1.86. The lowest BCUT2D eigenvalue weighted by Crippen LogP contribution is -2.39. The molecule has 1 aliphatic heterocycles. The third-order valence-electron chi connectivity index (χ3n) is 3.33. The van der Waals surface area contributed by atoms with E-state index in [1.807, 2.05) is 0 Å². The van der Waals surface area contributed by atoms with Crippen molar-refractivity contribution in [1.82, 2.24) is 9.97 Å². The van der Waals surface area contributed by atoms with Gasteiger partial charge in [0.05, 0.1) is 0 Å². The van der Waals surface area contributed by atoms with E-state index < -0.39 is 0 Å². The van der Waals surface area contributed by atoms with Crippen molar-refractivity contribution in [3.63, 3.8) is 0 Å². The van der Waals surface area contributed by atoms with Crippen LogP contribution in [0.2, 0.25) is 5.15 Å². The van der Waals surface area contributed by atoms with E-state index in [0.717, 1.165) is 31.7 Å². The largest absolute Gasteiger partial charge is 0.356 e. The van der Waals surface area contributed by atoms with Gasteiger partial charge in [-0.15, -0.1) is 0 Å². The van der Waals surface area contributed by atoms with Crippen LogP contribution in [0.15, 0.2) is 12.4 Å². The zero-order valence-corrected chi connectivity index (χ0v) is 11.4. The predicted molar refractivity (Wildman–Crippen MR) is 69.8 cm³/mol. The molecule has 0 aliphatic carbocycles. The highest BCUT2D eigenvalue weighted by molar-refractivity contribution is 6.29. The normalized spacial score (nSPS) is 17.4. The Balaban J connectivity index is 1.94. The minimum absolute atomic E-state index is 0.110. The van der Waals surface area contributed by atoms with Gasteiger partial charge in [0.25, 0.3) is 0 Å². The zero-order chi connectivity index (χ0) is 13.0. The van der Waals surface area contributed by atoms with E-state index in [9.17, 15) is 0 Å². The molecule has 2 heterocycles. The number of piperidine rings is 1. The second-order valence-electron chi connectivity index (χ2n) is 4.36. The van der Waals surface area contributed by atoms with Gasteiger partial charge in [-0.1, -0.05) is 11.6 Å². The number of halogens is 1. The van der Waals surface area contributed by atoms with Crippen LogP contribution in [0.5, 0.6) is 0 Å². The molecule has 0 spiro atoms. The van der Waals surface area contributed by atoms with E-state index in [2.05, 4.69) is 14.9 Å². The van der Waals surface area contributed by atoms with Crippen LogP contribution in [0.4, 0.5) is 5.82 Å². The van der Waals surface area contributed by atoms with Crippen LogP contribution in [0.25, 0.3) is 0 Å². The first-order chi connectivity index (χ1) is 8.74. The number of hydrogen-bond donors (Lipinski definition) is 0. The number of methoxy groups -OCH3 is 2. The smallest absolute Gasteiger partial charge is 0.159 e. The number of aromatic nitrogens is 2. The fourth-order valence-electron chi connectivity index (χ4n) is 2.38. The van der Waals surface area contributed by atoms with Crippen molar-refractivity contribution in [2.75, 3.05) is 32.2 Å². The fourth-order valence-corrected chi connectivity index (χ4v) is 2.52. The van der Waals surface area contributed by atoms with Crippen molar-refractivity contribution in [2.45, 2.75) is 19.1 Å². The third-order valence-corrected chi connectivity index (χ3v) is 3.54. The first-order valence-electron chi connectivity index (χ1n) is 6.02. The Kier molecular flexibility index (Phi) is 4.74. The minimum atomic E-state index is -0.110. The monoisotopic (exact) mass is 271 g/mol. The predicted octanol–water partition coefficient (Wildman–Crippen LogP) is 1.97. The highest BCUT2D eigenvalue weighted by Crippen LogP contribution is 2.26. The molecular weight excluding hydrogens is 254 g/mol. The molecule has 0 saturated carbocycles. The molecule has 5 nitrogen and oxygen atoms in total. The van der Waals surface area contributed by atoms with Gasteiger partial charge in [0.2, 0.25) is 0 Å². The van der Waals surface area contributed by atoms with Crippen LogP contribution in [0, 0.1) is 5.92 Å². The molecule has 18 heavy (non-hydrogen) atoms. The number of hydrogen-bond acceptors (Lipinski definition) is 5. The van der Waals surface area contributed by atoms with Crippen LogP contribution in [-0.2, 0) is 9.47 Å². The first kappa shape index (κ1) is 13.5. The number of nitrogens with zero attached hydrogens (tertiary/aromatic N) is 3. The number of anilines is 1. The molecule has 1 aromatic heterocycles. The molecule has 1 aliphatic rings. The molecule has 6 heteroatoms. The van der Waals surface area contributed by atoms with Crippen LogP contribution in [0.1, 0.15) is 12.8 Å². The van der Waals surface area contributed by atoms with Crippen molar-refractivity contribution in [3.8, 4) is 0 Å². The third kappa shape index (κ3) is 3.10. The molecule has 0 aromatic carbocycles. The molecule has 0 unspecified atom stereocenters. The van der Waals surface area contributed by atoms with Crippen LogP contribution in [-0.4, -0.2) is 43.6 Å². The van der Waals surface area contributed by atoms with E-state index in [0.29, 0.717) is 11.1 Å². The fraction of sp³-hybridized carbons (Fsp3) is 0.667. The van der Waals surface area contributed by atoms with Crippen LogP contribution >= 0.6 is 11.6 Å². The summed E-state index contributed by atoms with van der Waals surface area (Å²) in [5.74, 6) is 1.33. The first-order valence-corrected chi connectivity index (χ1v) is 6.40. The number of ether oxygens (including phenoxy) is 2. The molecule has 100 valence electrons. The van der Waals surface area contributed by atoms with Crippen molar-refractivity contribution in [3.05, 3.63) is 17.5 Å². The van der Waals surface area contributed by atoms with E-state index in [4.69, 9.17) is 21.1 Å². The highest BCUT2D eigenvalue weighted by Gasteiger charge is 2.27. The average Bonchev–Trinajstić information content (AvgIpc) is 2.41. The lowest BCUT2D eigenvalue weighted by Gasteiger charge is -2.35. The lowest BCUT2D eigenvalue weighted by atomic mass is 9.96. The Bertz CT molecular complexity index is 379. The standard InChI is InChI=1S/C12H18ClN3O2/c1-17-12(18-2)9-3-5-16(6-4-9)11-7-10(13)14-8-15-11/h7-9,12H,3-6H2,1-2H3.